The molecule has 0 bridgehead atoms. The van der Waals surface area contributed by atoms with E-state index >= 15 is 0 Å². The van der Waals surface area contributed by atoms with E-state index in [9.17, 15) is 24.6 Å². The molecule has 0 spiro atoms. The van der Waals surface area contributed by atoms with Gasteiger partial charge in [-0.2, -0.15) is 0 Å². The second-order valence-corrected chi connectivity index (χ2v) is 8.96. The molecule has 1 aliphatic heterocycles. The van der Waals surface area contributed by atoms with Gasteiger partial charge in [0.2, 0.25) is 29.5 Å². The summed E-state index contributed by atoms with van der Waals surface area (Å²) in [5.41, 5.74) is 0.698. The lowest BCUT2D eigenvalue weighted by molar-refractivity contribution is -0.136. The number of carbonyl (C=O) groups is 3. The molecule has 1 aromatic carbocycles. The zero-order valence-electron chi connectivity index (χ0n) is 18.2. The molecule has 2 unspecified atom stereocenters. The number of piperidine rings is 1. The highest BCUT2D eigenvalue weighted by molar-refractivity contribution is 9.09. The topological polar surface area (TPSA) is 121 Å². The van der Waals surface area contributed by atoms with Crippen LogP contribution in [-0.4, -0.2) is 37.8 Å². The van der Waals surface area contributed by atoms with E-state index in [1.165, 1.54) is 4.57 Å². The van der Waals surface area contributed by atoms with Crippen molar-refractivity contribution in [1.29, 1.82) is 0 Å². The Kier molecular flexibility index (Phi) is 8.17. The smallest absolute Gasteiger partial charge is 0.249 e. The predicted molar refractivity (Wildman–Crippen MR) is 125 cm³/mol. The Labute approximate surface area is 195 Å². The Morgan fingerprint density at radius 3 is 2.72 bits per heavy atom. The summed E-state index contributed by atoms with van der Waals surface area (Å²) in [6.07, 6.45) is 4.92. The van der Waals surface area contributed by atoms with Crippen LogP contribution in [0.2, 0.25) is 0 Å². The number of carbonyl (C=O) groups excluding carboxylic acids is 3. The van der Waals surface area contributed by atoms with Gasteiger partial charge in [-0.05, 0) is 37.3 Å². The molecule has 0 aliphatic carbocycles. The molecule has 32 heavy (non-hydrogen) atoms. The van der Waals surface area contributed by atoms with Crippen LogP contribution in [-0.2, 0) is 14.4 Å². The number of aromatic hydroxyl groups is 2. The van der Waals surface area contributed by atoms with E-state index in [1.54, 1.807) is 12.1 Å². The molecule has 2 heterocycles. The third-order valence-corrected chi connectivity index (χ3v) is 6.44. The summed E-state index contributed by atoms with van der Waals surface area (Å²) in [4.78, 5) is 36.5. The minimum absolute atomic E-state index is 0.0580. The van der Waals surface area contributed by atoms with E-state index in [4.69, 9.17) is 0 Å². The summed E-state index contributed by atoms with van der Waals surface area (Å²) < 4.78 is 1.19. The van der Waals surface area contributed by atoms with Crippen LogP contribution in [0.5, 0.6) is 11.8 Å². The van der Waals surface area contributed by atoms with E-state index < -0.39 is 11.9 Å². The molecule has 1 fully saturated rings. The molecule has 2 aromatic rings. The van der Waals surface area contributed by atoms with Crippen molar-refractivity contribution >= 4 is 44.4 Å². The normalized spacial score (nSPS) is 17.4. The van der Waals surface area contributed by atoms with Gasteiger partial charge < -0.3 is 15.5 Å². The van der Waals surface area contributed by atoms with Gasteiger partial charge in [0.25, 0.3) is 0 Å². The number of aromatic nitrogens is 1. The monoisotopic (exact) mass is 507 g/mol. The molecular weight excluding hydrogens is 478 g/mol. The van der Waals surface area contributed by atoms with Crippen LogP contribution in [0.3, 0.4) is 0 Å². The third-order valence-electron chi connectivity index (χ3n) is 5.88. The minimum Gasteiger partial charge on any atom is -0.494 e. The highest BCUT2D eigenvalue weighted by Crippen LogP contribution is 2.44. The number of amides is 3. The molecule has 4 N–H and O–H groups in total. The van der Waals surface area contributed by atoms with E-state index in [0.29, 0.717) is 29.2 Å². The average molecular weight is 508 g/mol. The average Bonchev–Trinajstić information content (AvgIpc) is 3.02. The summed E-state index contributed by atoms with van der Waals surface area (Å²) in [7, 11) is 0. The molecule has 2 atom stereocenters. The lowest BCUT2D eigenvalue weighted by atomic mass is 9.96. The predicted octanol–water partition coefficient (Wildman–Crippen LogP) is 3.94. The number of alkyl halides is 1. The number of halogens is 1. The van der Waals surface area contributed by atoms with Crippen molar-refractivity contribution in [2.45, 2.75) is 70.4 Å². The molecule has 0 saturated carbocycles. The van der Waals surface area contributed by atoms with Gasteiger partial charge in [-0.1, -0.05) is 47.8 Å². The van der Waals surface area contributed by atoms with Gasteiger partial charge in [0.05, 0.1) is 11.4 Å². The lowest BCUT2D eigenvalue weighted by Gasteiger charge is -2.23. The maximum atomic E-state index is 12.6. The van der Waals surface area contributed by atoms with Gasteiger partial charge in [-0.15, -0.1) is 0 Å². The molecule has 1 aliphatic rings. The van der Waals surface area contributed by atoms with Gasteiger partial charge in [0, 0.05) is 23.6 Å². The fraction of sp³-hybridized carbons (Fsp3) is 0.522. The zero-order chi connectivity index (χ0) is 23.3. The first-order chi connectivity index (χ1) is 15.4. The number of rotatable bonds is 10. The molecule has 9 heteroatoms. The largest absolute Gasteiger partial charge is 0.494 e. The highest BCUT2D eigenvalue weighted by atomic mass is 79.9. The number of benzene rings is 1. The maximum Gasteiger partial charge on any atom is 0.249 e. The van der Waals surface area contributed by atoms with Crippen LogP contribution < -0.4 is 10.6 Å². The quantitative estimate of drug-likeness (QED) is 0.220. The SMILES string of the molecule is CCCCC(NC(=O)CCCCBr)c1cccc2c(O)n(C3CCC(=O)NC3=O)c(O)c12. The van der Waals surface area contributed by atoms with E-state index in [-0.39, 0.29) is 42.5 Å². The van der Waals surface area contributed by atoms with Gasteiger partial charge >= 0.3 is 0 Å². The Balaban J connectivity index is 2.00. The fourth-order valence-corrected chi connectivity index (χ4v) is 4.63. The first-order valence-corrected chi connectivity index (χ1v) is 12.2. The summed E-state index contributed by atoms with van der Waals surface area (Å²) >= 11 is 3.37. The van der Waals surface area contributed by atoms with Crippen LogP contribution in [0, 0.1) is 0 Å². The van der Waals surface area contributed by atoms with E-state index in [0.717, 1.165) is 31.0 Å². The number of unbranched alkanes of at least 4 members (excludes halogenated alkanes) is 2. The van der Waals surface area contributed by atoms with E-state index in [1.807, 2.05) is 6.07 Å². The van der Waals surface area contributed by atoms with Gasteiger partial charge in [0.1, 0.15) is 6.04 Å². The van der Waals surface area contributed by atoms with Crippen molar-refractivity contribution in [3.05, 3.63) is 23.8 Å². The van der Waals surface area contributed by atoms with E-state index in [2.05, 4.69) is 33.5 Å². The van der Waals surface area contributed by atoms with Crippen LogP contribution in [0.15, 0.2) is 18.2 Å². The minimum atomic E-state index is -0.888. The summed E-state index contributed by atoms with van der Waals surface area (Å²) in [5.74, 6) is -1.46. The molecule has 3 rings (SSSR count). The molecule has 0 radical (unpaired) electrons. The standard InChI is InChI=1S/C23H30BrN3O5/c1-2-3-9-16(25-18(28)10-4-5-13-24)14-7-6-8-15-20(14)23(32)27(22(15)31)17-11-12-19(29)26-21(17)30/h6-8,16-17,31-32H,2-5,9-13H2,1H3,(H,25,28)(H,26,29,30). The van der Waals surface area contributed by atoms with Gasteiger partial charge in [-0.25, -0.2) is 0 Å². The Hall–Kier alpha value is -2.55. The second kappa shape index (κ2) is 10.8. The number of nitrogens with zero attached hydrogens (tertiary/aromatic N) is 1. The van der Waals surface area contributed by atoms with Crippen LogP contribution in [0.25, 0.3) is 10.8 Å². The molecule has 1 aromatic heterocycles. The van der Waals surface area contributed by atoms with Crippen molar-refractivity contribution in [2.75, 3.05) is 5.33 Å². The molecule has 3 amide bonds. The van der Waals surface area contributed by atoms with Crippen molar-refractivity contribution in [2.24, 2.45) is 0 Å². The second-order valence-electron chi connectivity index (χ2n) is 8.16. The first kappa shape index (κ1) is 24.1. The Morgan fingerprint density at radius 1 is 1.25 bits per heavy atom. The van der Waals surface area contributed by atoms with Crippen LogP contribution in [0.1, 0.15) is 75.9 Å². The lowest BCUT2D eigenvalue weighted by Crippen LogP contribution is -2.41. The Bertz CT molecular complexity index is 1000. The van der Waals surface area contributed by atoms with Crippen LogP contribution in [0.4, 0.5) is 0 Å². The number of hydrogen-bond acceptors (Lipinski definition) is 5. The Morgan fingerprint density at radius 2 is 2.03 bits per heavy atom. The molecule has 1 saturated heterocycles. The van der Waals surface area contributed by atoms with Crippen molar-refractivity contribution in [1.82, 2.24) is 15.2 Å². The third kappa shape index (κ3) is 5.09. The summed E-state index contributed by atoms with van der Waals surface area (Å²) in [6, 6.07) is 4.04. The maximum absolute atomic E-state index is 12.6. The number of hydrogen-bond donors (Lipinski definition) is 4. The van der Waals surface area contributed by atoms with Gasteiger partial charge in [0.15, 0.2) is 0 Å². The first-order valence-electron chi connectivity index (χ1n) is 11.1. The number of fused-ring (bicyclic) bond motifs is 1. The van der Waals surface area contributed by atoms with Crippen molar-refractivity contribution in [3.8, 4) is 11.8 Å². The summed E-state index contributed by atoms with van der Waals surface area (Å²) in [6.45, 7) is 2.07. The summed E-state index contributed by atoms with van der Waals surface area (Å²) in [5, 5.41) is 29.0. The molecular formula is C23H30BrN3O5. The number of imide groups is 1. The fourth-order valence-electron chi connectivity index (χ4n) is 4.23. The van der Waals surface area contributed by atoms with Crippen molar-refractivity contribution in [3.63, 3.8) is 0 Å². The molecule has 8 nitrogen and oxygen atoms in total. The highest BCUT2D eigenvalue weighted by Gasteiger charge is 2.34. The van der Waals surface area contributed by atoms with Crippen LogP contribution >= 0.6 is 15.9 Å². The van der Waals surface area contributed by atoms with Crippen molar-refractivity contribution < 1.29 is 24.6 Å². The molecule has 174 valence electrons. The van der Waals surface area contributed by atoms with Gasteiger partial charge in [-0.3, -0.25) is 24.3 Å². The zero-order valence-corrected chi connectivity index (χ0v) is 19.8. The number of nitrogens with one attached hydrogen (secondary N) is 2.